The van der Waals surface area contributed by atoms with Crippen LogP contribution in [0.2, 0.25) is 0 Å². The van der Waals surface area contributed by atoms with E-state index in [0.717, 1.165) is 23.0 Å². The third-order valence-corrected chi connectivity index (χ3v) is 3.38. The Labute approximate surface area is 126 Å². The second-order valence-corrected chi connectivity index (χ2v) is 5.49. The van der Waals surface area contributed by atoms with Crippen LogP contribution in [0.3, 0.4) is 0 Å². The first kappa shape index (κ1) is 17.3. The summed E-state index contributed by atoms with van der Waals surface area (Å²) in [5.41, 5.74) is 1.51. The normalized spacial score (nSPS) is 11.7. The molecule has 0 aliphatic rings. The van der Waals surface area contributed by atoms with E-state index in [0.29, 0.717) is 18.8 Å². The average molecular weight is 353 g/mol. The van der Waals surface area contributed by atoms with Gasteiger partial charge >= 0.3 is 6.18 Å². The molecule has 114 valence electrons. The molecule has 0 saturated heterocycles. The molecule has 1 rings (SSSR count). The molecule has 0 fully saturated rings. The zero-order valence-corrected chi connectivity index (χ0v) is 13.3. The van der Waals surface area contributed by atoms with Gasteiger partial charge in [-0.25, -0.2) is 0 Å². The molecule has 0 aliphatic carbocycles. The van der Waals surface area contributed by atoms with E-state index in [4.69, 9.17) is 0 Å². The number of hydrogen-bond acceptors (Lipinski definition) is 2. The lowest BCUT2D eigenvalue weighted by atomic mass is 10.1. The van der Waals surface area contributed by atoms with Crippen molar-refractivity contribution in [3.8, 4) is 0 Å². The van der Waals surface area contributed by atoms with Gasteiger partial charge in [0, 0.05) is 23.2 Å². The van der Waals surface area contributed by atoms with Crippen LogP contribution in [0.15, 0.2) is 22.7 Å². The smallest absolute Gasteiger partial charge is 0.363 e. The third kappa shape index (κ3) is 5.71. The lowest BCUT2D eigenvalue weighted by Gasteiger charge is -2.27. The number of nitrogens with one attached hydrogen (secondary N) is 1. The minimum absolute atomic E-state index is 0.316. The van der Waals surface area contributed by atoms with Crippen molar-refractivity contribution in [1.29, 1.82) is 0 Å². The standard InChI is InChI=1S/C14H20BrF3N2/c1-3-7-19-9-11-5-6-12(15)8-13(11)20(4-2)10-14(16,17)18/h5-6,8,19H,3-4,7,9-10H2,1-2H3. The maximum Gasteiger partial charge on any atom is 0.405 e. The van der Waals surface area contributed by atoms with Crippen molar-refractivity contribution in [3.05, 3.63) is 28.2 Å². The van der Waals surface area contributed by atoms with E-state index in [9.17, 15) is 13.2 Å². The molecule has 6 heteroatoms. The van der Waals surface area contributed by atoms with Gasteiger partial charge in [-0.05, 0) is 37.6 Å². The zero-order valence-electron chi connectivity index (χ0n) is 11.7. The summed E-state index contributed by atoms with van der Waals surface area (Å²) >= 11 is 3.33. The first-order valence-electron chi connectivity index (χ1n) is 6.68. The van der Waals surface area contributed by atoms with Crippen LogP contribution in [0.5, 0.6) is 0 Å². The Morgan fingerprint density at radius 1 is 1.25 bits per heavy atom. The molecule has 0 heterocycles. The van der Waals surface area contributed by atoms with Crippen molar-refractivity contribution in [3.63, 3.8) is 0 Å². The highest BCUT2D eigenvalue weighted by Gasteiger charge is 2.31. The van der Waals surface area contributed by atoms with E-state index >= 15 is 0 Å². The number of benzene rings is 1. The number of hydrogen-bond donors (Lipinski definition) is 1. The Morgan fingerprint density at radius 2 is 1.95 bits per heavy atom. The van der Waals surface area contributed by atoms with E-state index in [1.54, 1.807) is 13.0 Å². The second-order valence-electron chi connectivity index (χ2n) is 4.58. The summed E-state index contributed by atoms with van der Waals surface area (Å²) in [5.74, 6) is 0. The molecule has 2 nitrogen and oxygen atoms in total. The van der Waals surface area contributed by atoms with E-state index in [1.807, 2.05) is 12.1 Å². The molecule has 1 aromatic carbocycles. The largest absolute Gasteiger partial charge is 0.405 e. The van der Waals surface area contributed by atoms with Gasteiger partial charge in [-0.15, -0.1) is 0 Å². The van der Waals surface area contributed by atoms with Gasteiger partial charge < -0.3 is 10.2 Å². The summed E-state index contributed by atoms with van der Waals surface area (Å²) in [4.78, 5) is 1.35. The van der Waals surface area contributed by atoms with Crippen LogP contribution >= 0.6 is 15.9 Å². The number of rotatable bonds is 7. The fraction of sp³-hybridized carbons (Fsp3) is 0.571. The maximum absolute atomic E-state index is 12.6. The Kier molecular flexibility index (Phi) is 6.82. The number of halogens is 4. The fourth-order valence-electron chi connectivity index (χ4n) is 1.96. The van der Waals surface area contributed by atoms with Gasteiger partial charge in [0.2, 0.25) is 0 Å². The van der Waals surface area contributed by atoms with Crippen molar-refractivity contribution >= 4 is 21.6 Å². The van der Waals surface area contributed by atoms with Crippen molar-refractivity contribution in [1.82, 2.24) is 5.32 Å². The van der Waals surface area contributed by atoms with Crippen molar-refractivity contribution < 1.29 is 13.2 Å². The summed E-state index contributed by atoms with van der Waals surface area (Å²) < 4.78 is 38.7. The Hall–Kier alpha value is -0.750. The minimum atomic E-state index is -4.20. The molecule has 1 aromatic rings. The maximum atomic E-state index is 12.6. The topological polar surface area (TPSA) is 15.3 Å². The molecule has 0 spiro atoms. The quantitative estimate of drug-likeness (QED) is 0.734. The van der Waals surface area contributed by atoms with Crippen molar-refractivity contribution in [2.75, 3.05) is 24.5 Å². The predicted octanol–water partition coefficient (Wildman–Crippen LogP) is 4.34. The molecule has 0 amide bonds. The minimum Gasteiger partial charge on any atom is -0.363 e. The first-order valence-corrected chi connectivity index (χ1v) is 7.47. The lowest BCUT2D eigenvalue weighted by Crippen LogP contribution is -2.35. The van der Waals surface area contributed by atoms with Crippen molar-refractivity contribution in [2.24, 2.45) is 0 Å². The molecule has 0 unspecified atom stereocenters. The zero-order chi connectivity index (χ0) is 15.2. The van der Waals surface area contributed by atoms with E-state index in [2.05, 4.69) is 28.2 Å². The van der Waals surface area contributed by atoms with Gasteiger partial charge in [0.25, 0.3) is 0 Å². The van der Waals surface area contributed by atoms with Crippen LogP contribution in [0.4, 0.5) is 18.9 Å². The highest BCUT2D eigenvalue weighted by atomic mass is 79.9. The molecule has 0 aromatic heterocycles. The molecule has 0 saturated carbocycles. The number of anilines is 1. The molecule has 0 atom stereocenters. The highest BCUT2D eigenvalue weighted by Crippen LogP contribution is 2.28. The molecule has 0 bridgehead atoms. The van der Waals surface area contributed by atoms with E-state index in [-0.39, 0.29) is 0 Å². The van der Waals surface area contributed by atoms with Gasteiger partial charge in [-0.3, -0.25) is 0 Å². The molecular weight excluding hydrogens is 333 g/mol. The highest BCUT2D eigenvalue weighted by molar-refractivity contribution is 9.10. The fourth-order valence-corrected chi connectivity index (χ4v) is 2.31. The van der Waals surface area contributed by atoms with Crippen LogP contribution in [0.25, 0.3) is 0 Å². The second kappa shape index (κ2) is 7.88. The Balaban J connectivity index is 2.96. The number of alkyl halides is 3. The summed E-state index contributed by atoms with van der Waals surface area (Å²) in [6, 6.07) is 5.47. The monoisotopic (exact) mass is 352 g/mol. The van der Waals surface area contributed by atoms with Gasteiger partial charge in [-0.2, -0.15) is 13.2 Å². The molecule has 0 aliphatic heterocycles. The summed E-state index contributed by atoms with van der Waals surface area (Å²) in [6.07, 6.45) is -3.21. The molecule has 20 heavy (non-hydrogen) atoms. The Bertz CT molecular complexity index is 421. The molecule has 0 radical (unpaired) electrons. The summed E-state index contributed by atoms with van der Waals surface area (Å²) in [7, 11) is 0. The van der Waals surface area contributed by atoms with Gasteiger partial charge in [0.1, 0.15) is 6.54 Å². The van der Waals surface area contributed by atoms with Crippen LogP contribution in [0, 0.1) is 0 Å². The summed E-state index contributed by atoms with van der Waals surface area (Å²) in [6.45, 7) is 4.59. The van der Waals surface area contributed by atoms with E-state index in [1.165, 1.54) is 4.90 Å². The van der Waals surface area contributed by atoms with Crippen LogP contribution in [0.1, 0.15) is 25.8 Å². The Morgan fingerprint density at radius 3 is 2.50 bits per heavy atom. The third-order valence-electron chi connectivity index (χ3n) is 2.88. The van der Waals surface area contributed by atoms with E-state index < -0.39 is 12.7 Å². The van der Waals surface area contributed by atoms with Crippen LogP contribution in [-0.4, -0.2) is 25.8 Å². The van der Waals surface area contributed by atoms with Gasteiger partial charge in [-0.1, -0.05) is 28.9 Å². The molecule has 1 N–H and O–H groups in total. The summed E-state index contributed by atoms with van der Waals surface area (Å²) in [5, 5.41) is 3.23. The lowest BCUT2D eigenvalue weighted by molar-refractivity contribution is -0.119. The van der Waals surface area contributed by atoms with Crippen molar-refractivity contribution in [2.45, 2.75) is 33.0 Å². The SMILES string of the molecule is CCCNCc1ccc(Br)cc1N(CC)CC(F)(F)F. The van der Waals surface area contributed by atoms with Crippen LogP contribution in [-0.2, 0) is 6.54 Å². The van der Waals surface area contributed by atoms with Gasteiger partial charge in [0.15, 0.2) is 0 Å². The average Bonchev–Trinajstić information content (AvgIpc) is 2.37. The molecular formula is C14H20BrF3N2. The first-order chi connectivity index (χ1) is 9.37. The number of nitrogens with zero attached hydrogens (tertiary/aromatic N) is 1. The van der Waals surface area contributed by atoms with Crippen LogP contribution < -0.4 is 10.2 Å². The van der Waals surface area contributed by atoms with Gasteiger partial charge in [0.05, 0.1) is 0 Å². The predicted molar refractivity (Wildman–Crippen MR) is 80.1 cm³/mol.